The number of aromatic hydroxyl groups is 1. The third-order valence-corrected chi connectivity index (χ3v) is 8.50. The molecule has 4 aromatic rings. The van der Waals surface area contributed by atoms with E-state index in [1.165, 1.54) is 56.0 Å². The van der Waals surface area contributed by atoms with E-state index in [0.717, 1.165) is 0 Å². The summed E-state index contributed by atoms with van der Waals surface area (Å²) in [6.07, 6.45) is 0. The van der Waals surface area contributed by atoms with Crippen LogP contribution in [0.15, 0.2) is 78.9 Å². The summed E-state index contributed by atoms with van der Waals surface area (Å²) in [7, 11) is 0. The number of phenolic OH excluding ortho intramolecular Hbond substituents is 1. The predicted molar refractivity (Wildman–Crippen MR) is 163 cm³/mol. The summed E-state index contributed by atoms with van der Waals surface area (Å²) in [6.45, 7) is 20.0. The molecule has 2 heteroatoms. The number of benzene rings is 4. The first-order valence-electron chi connectivity index (χ1n) is 13.9. The van der Waals surface area contributed by atoms with E-state index in [0.29, 0.717) is 5.75 Å². The van der Waals surface area contributed by atoms with Crippen molar-refractivity contribution < 1.29 is 5.11 Å². The van der Waals surface area contributed by atoms with Gasteiger partial charge in [0.1, 0.15) is 5.75 Å². The molecule has 1 aliphatic heterocycles. The number of hydrogen-bond donors (Lipinski definition) is 1. The Morgan fingerprint density at radius 1 is 0.605 bits per heavy atom. The van der Waals surface area contributed by atoms with Gasteiger partial charge in [-0.05, 0) is 86.8 Å². The third-order valence-electron chi connectivity index (χ3n) is 8.50. The van der Waals surface area contributed by atoms with E-state index in [9.17, 15) is 5.11 Å². The van der Waals surface area contributed by atoms with Crippen LogP contribution in [0, 0.1) is 0 Å². The van der Waals surface area contributed by atoms with Crippen molar-refractivity contribution in [2.24, 2.45) is 0 Å². The molecule has 6 rings (SSSR count). The zero-order chi connectivity index (χ0) is 27.6. The van der Waals surface area contributed by atoms with Crippen LogP contribution in [-0.4, -0.2) is 5.11 Å². The first-order chi connectivity index (χ1) is 17.9. The lowest BCUT2D eigenvalue weighted by atomic mass is 9.71. The Labute approximate surface area is 229 Å². The van der Waals surface area contributed by atoms with Gasteiger partial charge in [-0.25, -0.2) is 0 Å². The van der Waals surface area contributed by atoms with Gasteiger partial charge in [0.2, 0.25) is 0 Å². The van der Waals surface area contributed by atoms with Gasteiger partial charge >= 0.3 is 0 Å². The lowest BCUT2D eigenvalue weighted by Gasteiger charge is -2.43. The van der Waals surface area contributed by atoms with Crippen molar-refractivity contribution >= 4 is 17.1 Å². The number of fused-ring (bicyclic) bond motifs is 5. The Bertz CT molecular complexity index is 1520. The number of anilines is 3. The monoisotopic (exact) mass is 503 g/mol. The van der Waals surface area contributed by atoms with Gasteiger partial charge in [-0.1, -0.05) is 98.7 Å². The molecule has 0 amide bonds. The van der Waals surface area contributed by atoms with E-state index in [1.807, 2.05) is 26.0 Å². The molecule has 0 fully saturated rings. The number of nitrogens with zero attached hydrogens (tertiary/aromatic N) is 1. The highest BCUT2D eigenvalue weighted by molar-refractivity contribution is 5.91. The van der Waals surface area contributed by atoms with Crippen LogP contribution in [0.2, 0.25) is 0 Å². The minimum atomic E-state index is -0.193. The van der Waals surface area contributed by atoms with Crippen LogP contribution in [0.5, 0.6) is 5.75 Å². The molecule has 2 nitrogen and oxygen atoms in total. The number of phenols is 1. The molecule has 0 saturated heterocycles. The maximum atomic E-state index is 10.3. The second-order valence-electron chi connectivity index (χ2n) is 12.5. The van der Waals surface area contributed by atoms with Crippen LogP contribution in [0.1, 0.15) is 90.1 Å². The largest absolute Gasteiger partial charge is 0.508 e. The maximum absolute atomic E-state index is 10.3. The molecule has 0 spiro atoms. The van der Waals surface area contributed by atoms with Crippen molar-refractivity contribution in [3.63, 3.8) is 0 Å². The van der Waals surface area contributed by atoms with Crippen LogP contribution < -0.4 is 4.90 Å². The van der Waals surface area contributed by atoms with Gasteiger partial charge in [-0.2, -0.15) is 0 Å². The molecule has 0 saturated carbocycles. The zero-order valence-corrected chi connectivity index (χ0v) is 24.4. The van der Waals surface area contributed by atoms with Gasteiger partial charge in [0.25, 0.3) is 0 Å². The Morgan fingerprint density at radius 2 is 1.21 bits per heavy atom. The average molecular weight is 504 g/mol. The third kappa shape index (κ3) is 3.76. The maximum Gasteiger partial charge on any atom is 0.115 e. The summed E-state index contributed by atoms with van der Waals surface area (Å²) < 4.78 is 0. The average Bonchev–Trinajstić information content (AvgIpc) is 3.10. The van der Waals surface area contributed by atoms with E-state index in [-0.39, 0.29) is 16.2 Å². The summed E-state index contributed by atoms with van der Waals surface area (Å²) in [6, 6.07) is 28.6. The molecule has 0 bridgehead atoms. The van der Waals surface area contributed by atoms with Crippen LogP contribution >= 0.6 is 0 Å². The van der Waals surface area contributed by atoms with E-state index in [1.54, 1.807) is 0 Å². The summed E-state index contributed by atoms with van der Waals surface area (Å²) in [5.41, 5.74) is 12.4. The van der Waals surface area contributed by atoms with Crippen molar-refractivity contribution in [2.45, 2.75) is 78.6 Å². The quantitative estimate of drug-likeness (QED) is 0.279. The lowest BCUT2D eigenvalue weighted by molar-refractivity contribution is 0.473. The number of rotatable bonds is 1. The van der Waals surface area contributed by atoms with Gasteiger partial charge in [0, 0.05) is 16.5 Å². The Hall–Kier alpha value is -3.52. The summed E-state index contributed by atoms with van der Waals surface area (Å²) in [5.74, 6) is 0.327. The van der Waals surface area contributed by atoms with E-state index in [4.69, 9.17) is 0 Å². The molecule has 2 aliphatic rings. The van der Waals surface area contributed by atoms with E-state index < -0.39 is 0 Å². The van der Waals surface area contributed by atoms with Crippen LogP contribution in [0.4, 0.5) is 17.1 Å². The minimum Gasteiger partial charge on any atom is -0.508 e. The van der Waals surface area contributed by atoms with Gasteiger partial charge in [0.05, 0.1) is 11.4 Å². The molecule has 0 aromatic heterocycles. The van der Waals surface area contributed by atoms with E-state index >= 15 is 0 Å². The summed E-state index contributed by atoms with van der Waals surface area (Å²) in [5, 5.41) is 10.3. The molecular weight excluding hydrogens is 462 g/mol. The highest BCUT2D eigenvalue weighted by atomic mass is 16.3. The summed E-state index contributed by atoms with van der Waals surface area (Å²) in [4.78, 5) is 2.44. The fraction of sp³-hybridized carbons (Fsp3) is 0.333. The minimum absolute atomic E-state index is 0.112. The van der Waals surface area contributed by atoms with Crippen LogP contribution in [0.25, 0.3) is 11.1 Å². The fourth-order valence-electron chi connectivity index (χ4n) is 6.30. The number of hydrogen-bond acceptors (Lipinski definition) is 2. The Balaban J connectivity index is 0.00000144. The number of para-hydroxylation sites is 1. The molecule has 1 aliphatic carbocycles. The normalized spacial score (nSPS) is 16.0. The molecule has 1 heterocycles. The predicted octanol–water partition coefficient (Wildman–Crippen LogP) is 10.1. The molecule has 1 N–H and O–H groups in total. The Morgan fingerprint density at radius 3 is 1.87 bits per heavy atom. The fourth-order valence-corrected chi connectivity index (χ4v) is 6.30. The van der Waals surface area contributed by atoms with Gasteiger partial charge < -0.3 is 10.0 Å². The molecule has 196 valence electrons. The van der Waals surface area contributed by atoms with Crippen LogP contribution in [0.3, 0.4) is 0 Å². The summed E-state index contributed by atoms with van der Waals surface area (Å²) >= 11 is 0. The van der Waals surface area contributed by atoms with Gasteiger partial charge in [0.15, 0.2) is 0 Å². The van der Waals surface area contributed by atoms with E-state index in [2.05, 4.69) is 120 Å². The van der Waals surface area contributed by atoms with Crippen molar-refractivity contribution in [1.82, 2.24) is 0 Å². The molecule has 0 unspecified atom stereocenters. The molecule has 4 aromatic carbocycles. The van der Waals surface area contributed by atoms with Crippen molar-refractivity contribution in [3.05, 3.63) is 107 Å². The highest BCUT2D eigenvalue weighted by Gasteiger charge is 2.42. The SMILES string of the molecule is CC.CC(C)(C)c1ccc(N2c3ccccc3C(C)(C)c3cc4c(cc32)C(C)(C)c2cc(O)ccc2-4)cc1. The van der Waals surface area contributed by atoms with Crippen molar-refractivity contribution in [3.8, 4) is 16.9 Å². The molecule has 0 radical (unpaired) electrons. The molecular formula is C36H41NO. The topological polar surface area (TPSA) is 23.5 Å². The zero-order valence-electron chi connectivity index (χ0n) is 24.4. The smallest absolute Gasteiger partial charge is 0.115 e. The second-order valence-corrected chi connectivity index (χ2v) is 12.5. The molecule has 38 heavy (non-hydrogen) atoms. The standard InChI is InChI=1S/C34H35NO.C2H6/c1-32(2,3)21-12-14-22(15-13-21)35-30-11-9-8-10-26(30)33(4,5)29-19-25-24-17-16-23(36)18-27(24)34(6,7)28(25)20-31(29)35;1-2/h8-20,36H,1-7H3;1-2H3. The molecule has 0 atom stereocenters. The van der Waals surface area contributed by atoms with Crippen molar-refractivity contribution in [1.29, 1.82) is 0 Å². The highest BCUT2D eigenvalue weighted by Crippen LogP contribution is 2.57. The lowest BCUT2D eigenvalue weighted by Crippen LogP contribution is -2.31. The first kappa shape index (κ1) is 26.1. The Kier molecular flexibility index (Phi) is 6.02. The van der Waals surface area contributed by atoms with Crippen molar-refractivity contribution in [2.75, 3.05) is 4.90 Å². The van der Waals surface area contributed by atoms with Gasteiger partial charge in [-0.15, -0.1) is 0 Å². The first-order valence-corrected chi connectivity index (χ1v) is 13.9. The second kappa shape index (κ2) is 8.76. The van der Waals surface area contributed by atoms with Gasteiger partial charge in [-0.3, -0.25) is 0 Å². The van der Waals surface area contributed by atoms with Crippen LogP contribution in [-0.2, 0) is 16.2 Å².